The van der Waals surface area contributed by atoms with Gasteiger partial charge >= 0.3 is 0 Å². The monoisotopic (exact) mass is 209 g/mol. The third kappa shape index (κ3) is 6.69. The highest BCUT2D eigenvalue weighted by Gasteiger charge is 1.96. The first-order valence-electron chi connectivity index (χ1n) is 5.16. The molecule has 15 heavy (non-hydrogen) atoms. The number of hydrogen-bond acceptors (Lipinski definition) is 3. The van der Waals surface area contributed by atoms with Gasteiger partial charge in [-0.05, 0) is 24.5 Å². The van der Waals surface area contributed by atoms with E-state index in [0.717, 1.165) is 18.4 Å². The number of aromatic hydroxyl groups is 1. The Morgan fingerprint density at radius 3 is 2.47 bits per heavy atom. The summed E-state index contributed by atoms with van der Waals surface area (Å²) < 4.78 is 0. The Hall–Kier alpha value is -1.35. The molecule has 0 radical (unpaired) electrons. The Morgan fingerprint density at radius 2 is 2.00 bits per heavy atom. The number of phenols is 1. The molecule has 0 aliphatic rings. The highest BCUT2D eigenvalue weighted by molar-refractivity contribution is 5.51. The number of hydrogen-bond donors (Lipinski definition) is 2. The van der Waals surface area contributed by atoms with Gasteiger partial charge < -0.3 is 15.6 Å². The smallest absolute Gasteiger partial charge is 0.133 e. The van der Waals surface area contributed by atoms with Crippen molar-refractivity contribution in [1.82, 2.24) is 0 Å². The third-order valence-corrected chi connectivity index (χ3v) is 1.89. The van der Waals surface area contributed by atoms with Gasteiger partial charge in [0, 0.05) is 6.54 Å². The summed E-state index contributed by atoms with van der Waals surface area (Å²) in [7, 11) is 0. The molecule has 1 aromatic carbocycles. The van der Waals surface area contributed by atoms with E-state index in [1.165, 1.54) is 6.42 Å². The maximum absolute atomic E-state index is 9.34. The quantitative estimate of drug-likeness (QED) is 0.744. The fourth-order valence-electron chi connectivity index (χ4n) is 1.09. The topological polar surface area (TPSA) is 63.3 Å². The number of aryl methyl sites for hydroxylation is 1. The Bertz CT molecular complexity index is 274. The molecule has 1 rings (SSSR count). The van der Waals surface area contributed by atoms with Crippen molar-refractivity contribution in [3.8, 4) is 5.75 Å². The molecule has 0 atom stereocenters. The van der Waals surface area contributed by atoms with Crippen LogP contribution in [-0.4, -0.2) is 17.9 Å². The fraction of sp³-hybridized carbons (Fsp3) is 0.417. The number of unbranched alkanes of at least 4 members (excludes halogenated alkanes) is 1. The summed E-state index contributed by atoms with van der Waals surface area (Å²) >= 11 is 0. The molecule has 0 aliphatic heterocycles. The minimum atomic E-state index is 0.139. The Morgan fingerprint density at radius 1 is 1.40 bits per heavy atom. The lowest BCUT2D eigenvalue weighted by molar-refractivity contribution is -0.106. The Labute approximate surface area is 90.9 Å². The van der Waals surface area contributed by atoms with Gasteiger partial charge in [0.1, 0.15) is 12.0 Å². The predicted octanol–water partition coefficient (Wildman–Crippen LogP) is 1.88. The van der Waals surface area contributed by atoms with Crippen LogP contribution in [0.1, 0.15) is 25.3 Å². The van der Waals surface area contributed by atoms with E-state index >= 15 is 0 Å². The van der Waals surface area contributed by atoms with E-state index in [4.69, 9.17) is 4.79 Å². The number of benzene rings is 1. The van der Waals surface area contributed by atoms with Crippen molar-refractivity contribution in [1.29, 1.82) is 0 Å². The Balaban J connectivity index is 0.000000423. The van der Waals surface area contributed by atoms with Crippen molar-refractivity contribution in [2.75, 3.05) is 6.54 Å². The molecule has 0 saturated heterocycles. The minimum absolute atomic E-state index is 0.139. The molecular formula is C12H19NO2. The first-order chi connectivity index (χ1) is 7.26. The van der Waals surface area contributed by atoms with Crippen LogP contribution in [0.3, 0.4) is 0 Å². The summed E-state index contributed by atoms with van der Waals surface area (Å²) in [5, 5.41) is 9.34. The second-order valence-electron chi connectivity index (χ2n) is 3.13. The molecule has 1 aromatic rings. The fourth-order valence-corrected chi connectivity index (χ4v) is 1.09. The number of para-hydroxylation sites is 1. The molecule has 3 N–H and O–H groups in total. The Kier molecular flexibility index (Phi) is 8.39. The molecule has 0 heterocycles. The number of rotatable bonds is 4. The van der Waals surface area contributed by atoms with Crippen LogP contribution in [-0.2, 0) is 11.2 Å². The molecule has 0 aliphatic carbocycles. The molecular weight excluding hydrogens is 190 g/mol. The predicted molar refractivity (Wildman–Crippen MR) is 61.8 cm³/mol. The van der Waals surface area contributed by atoms with Gasteiger partial charge in [0.15, 0.2) is 0 Å². The number of nitrogens with two attached hydrogens (primary N) is 1. The molecule has 0 spiro atoms. The van der Waals surface area contributed by atoms with Gasteiger partial charge in [-0.1, -0.05) is 31.5 Å². The van der Waals surface area contributed by atoms with E-state index in [0.29, 0.717) is 12.0 Å². The average Bonchev–Trinajstić information content (AvgIpc) is 2.28. The molecule has 0 saturated carbocycles. The lowest BCUT2D eigenvalue weighted by Gasteiger charge is -2.01. The van der Waals surface area contributed by atoms with Crippen LogP contribution in [0, 0.1) is 0 Å². The number of carbonyl (C=O) groups excluding carboxylic acids is 1. The van der Waals surface area contributed by atoms with Crippen molar-refractivity contribution < 1.29 is 9.90 Å². The van der Waals surface area contributed by atoms with Crippen LogP contribution in [0.15, 0.2) is 24.3 Å². The summed E-state index contributed by atoms with van der Waals surface area (Å²) in [4.78, 5) is 9.05. The summed E-state index contributed by atoms with van der Waals surface area (Å²) in [6, 6.07) is 7.53. The van der Waals surface area contributed by atoms with Crippen LogP contribution >= 0.6 is 0 Å². The first kappa shape index (κ1) is 13.7. The molecule has 84 valence electrons. The molecule has 0 bridgehead atoms. The van der Waals surface area contributed by atoms with E-state index in [1.54, 1.807) is 6.07 Å². The molecule has 0 aromatic heterocycles. The number of phenolic OH excluding ortho intramolecular Hbond substituents is 1. The van der Waals surface area contributed by atoms with Gasteiger partial charge in [-0.3, -0.25) is 0 Å². The van der Waals surface area contributed by atoms with Crippen molar-refractivity contribution in [3.63, 3.8) is 0 Å². The highest BCUT2D eigenvalue weighted by Crippen LogP contribution is 2.17. The second-order valence-corrected chi connectivity index (χ2v) is 3.13. The molecule has 3 heteroatoms. The maximum Gasteiger partial charge on any atom is 0.133 e. The van der Waals surface area contributed by atoms with Crippen LogP contribution in [0.4, 0.5) is 0 Å². The minimum Gasteiger partial charge on any atom is -0.508 e. The summed E-state index contributed by atoms with van der Waals surface area (Å²) in [6.45, 7) is 2.29. The van der Waals surface area contributed by atoms with Crippen molar-refractivity contribution >= 4 is 6.29 Å². The van der Waals surface area contributed by atoms with Crippen LogP contribution in [0.25, 0.3) is 0 Å². The summed E-state index contributed by atoms with van der Waals surface area (Å²) in [5.74, 6) is 0.431. The zero-order valence-corrected chi connectivity index (χ0v) is 9.15. The van der Waals surface area contributed by atoms with Gasteiger partial charge in [-0.15, -0.1) is 0 Å². The zero-order chi connectivity index (χ0) is 11.5. The summed E-state index contributed by atoms with van der Waals surface area (Å²) in [5.41, 5.74) is 5.72. The van der Waals surface area contributed by atoms with E-state index in [9.17, 15) is 5.11 Å². The average molecular weight is 209 g/mol. The summed E-state index contributed by atoms with van der Waals surface area (Å²) in [6.07, 6.45) is 3.97. The lowest BCUT2D eigenvalue weighted by Crippen LogP contribution is -1.97. The van der Waals surface area contributed by atoms with Gasteiger partial charge in [0.25, 0.3) is 0 Å². The van der Waals surface area contributed by atoms with E-state index < -0.39 is 0 Å². The SMILES string of the molecule is CCCCc1ccccc1O.NCC=O. The van der Waals surface area contributed by atoms with Crippen molar-refractivity contribution in [2.45, 2.75) is 26.2 Å². The normalized spacial score (nSPS) is 8.93. The van der Waals surface area contributed by atoms with E-state index in [-0.39, 0.29) is 6.54 Å². The standard InChI is InChI=1S/C10H14O.C2H5NO/c1-2-3-6-9-7-4-5-8-10(9)11;3-1-2-4/h4-5,7-8,11H,2-3,6H2,1H3;2H,1,3H2. The maximum atomic E-state index is 9.34. The first-order valence-corrected chi connectivity index (χ1v) is 5.16. The van der Waals surface area contributed by atoms with E-state index in [1.807, 2.05) is 18.2 Å². The molecule has 0 unspecified atom stereocenters. The lowest BCUT2D eigenvalue weighted by atomic mass is 10.1. The highest BCUT2D eigenvalue weighted by atomic mass is 16.3. The van der Waals surface area contributed by atoms with E-state index in [2.05, 4.69) is 12.7 Å². The van der Waals surface area contributed by atoms with Gasteiger partial charge in [-0.25, -0.2) is 0 Å². The number of aldehydes is 1. The largest absolute Gasteiger partial charge is 0.508 e. The van der Waals surface area contributed by atoms with Gasteiger partial charge in [0.2, 0.25) is 0 Å². The van der Waals surface area contributed by atoms with Crippen molar-refractivity contribution in [2.24, 2.45) is 5.73 Å². The zero-order valence-electron chi connectivity index (χ0n) is 9.15. The van der Waals surface area contributed by atoms with Gasteiger partial charge in [-0.2, -0.15) is 0 Å². The van der Waals surface area contributed by atoms with Crippen LogP contribution in [0.5, 0.6) is 5.75 Å². The second kappa shape index (κ2) is 9.21. The van der Waals surface area contributed by atoms with Crippen molar-refractivity contribution in [3.05, 3.63) is 29.8 Å². The van der Waals surface area contributed by atoms with Crippen LogP contribution < -0.4 is 5.73 Å². The number of carbonyl (C=O) groups is 1. The van der Waals surface area contributed by atoms with Gasteiger partial charge in [0.05, 0.1) is 0 Å². The molecule has 3 nitrogen and oxygen atoms in total. The van der Waals surface area contributed by atoms with Crippen LogP contribution in [0.2, 0.25) is 0 Å². The third-order valence-electron chi connectivity index (χ3n) is 1.89. The molecule has 0 fully saturated rings. The molecule has 0 amide bonds.